The molecule has 2 N–H and O–H groups in total. The normalized spacial score (nSPS) is 14.7. The van der Waals surface area contributed by atoms with Crippen LogP contribution in [0.25, 0.3) is 0 Å². The Balaban J connectivity index is 2.59. The summed E-state index contributed by atoms with van der Waals surface area (Å²) in [6, 6.07) is 3.56. The van der Waals surface area contributed by atoms with Gasteiger partial charge in [0.1, 0.15) is 11.6 Å². The Hall–Kier alpha value is -1.04. The van der Waals surface area contributed by atoms with Crippen LogP contribution in [-0.2, 0) is 0 Å². The van der Waals surface area contributed by atoms with Gasteiger partial charge in [0.05, 0.1) is 0 Å². The van der Waals surface area contributed by atoms with E-state index < -0.39 is 11.6 Å². The van der Waals surface area contributed by atoms with Crippen LogP contribution in [0.4, 0.5) is 8.78 Å². The molecule has 2 atom stereocenters. The van der Waals surface area contributed by atoms with Crippen molar-refractivity contribution in [2.24, 2.45) is 5.73 Å². The number of nitrogens with zero attached hydrogens (tertiary/aromatic N) is 2. The average Bonchev–Trinajstić information content (AvgIpc) is 2.37. The quantitative estimate of drug-likeness (QED) is 0.801. The van der Waals surface area contributed by atoms with Crippen LogP contribution in [0.2, 0.25) is 0 Å². The molecule has 2 unspecified atom stereocenters. The summed E-state index contributed by atoms with van der Waals surface area (Å²) in [6.45, 7) is 7.00. The summed E-state index contributed by atoms with van der Waals surface area (Å²) in [7, 11) is 4.09. The van der Waals surface area contributed by atoms with Gasteiger partial charge in [0, 0.05) is 31.2 Å². The minimum absolute atomic E-state index is 0.351. The zero-order valence-corrected chi connectivity index (χ0v) is 13.4. The van der Waals surface area contributed by atoms with Crippen molar-refractivity contribution < 1.29 is 8.78 Å². The molecule has 0 amide bonds. The molecule has 1 aromatic carbocycles. The zero-order valence-electron chi connectivity index (χ0n) is 13.4. The van der Waals surface area contributed by atoms with Crippen LogP contribution >= 0.6 is 0 Å². The molecule has 0 aliphatic rings. The van der Waals surface area contributed by atoms with E-state index in [4.69, 9.17) is 5.73 Å². The first-order chi connectivity index (χ1) is 9.83. The van der Waals surface area contributed by atoms with Crippen LogP contribution in [0.1, 0.15) is 31.9 Å². The lowest BCUT2D eigenvalue weighted by atomic mass is 10.0. The Morgan fingerprint density at radius 1 is 1.14 bits per heavy atom. The number of likely N-dealkylation sites (N-methyl/N-ethyl adjacent to an activating group) is 2. The molecule has 21 heavy (non-hydrogen) atoms. The Bertz CT molecular complexity index is 417. The van der Waals surface area contributed by atoms with Crippen molar-refractivity contribution in [1.82, 2.24) is 9.80 Å². The topological polar surface area (TPSA) is 32.5 Å². The highest BCUT2D eigenvalue weighted by atomic mass is 19.1. The summed E-state index contributed by atoms with van der Waals surface area (Å²) < 4.78 is 26.4. The van der Waals surface area contributed by atoms with E-state index in [-0.39, 0.29) is 6.04 Å². The van der Waals surface area contributed by atoms with Gasteiger partial charge in [-0.1, -0.05) is 6.92 Å². The summed E-state index contributed by atoms with van der Waals surface area (Å²) in [4.78, 5) is 4.48. The Kier molecular flexibility index (Phi) is 7.22. The van der Waals surface area contributed by atoms with Gasteiger partial charge in [0.25, 0.3) is 0 Å². The maximum atomic E-state index is 13.2. The minimum atomic E-state index is -0.575. The van der Waals surface area contributed by atoms with Gasteiger partial charge in [-0.3, -0.25) is 4.90 Å². The molecule has 0 aliphatic heterocycles. The molecule has 0 spiro atoms. The molecule has 0 saturated heterocycles. The summed E-state index contributed by atoms with van der Waals surface area (Å²) in [5.74, 6) is -1.15. The SMILES string of the molecule is CCN(CCC(N)c1cc(F)cc(F)c1)C(C)CN(C)C. The van der Waals surface area contributed by atoms with E-state index >= 15 is 0 Å². The summed E-state index contributed by atoms with van der Waals surface area (Å²) in [5, 5.41) is 0. The van der Waals surface area contributed by atoms with E-state index in [1.807, 2.05) is 14.1 Å². The van der Waals surface area contributed by atoms with E-state index in [0.717, 1.165) is 25.7 Å². The van der Waals surface area contributed by atoms with Gasteiger partial charge in [-0.25, -0.2) is 8.78 Å². The molecule has 0 aromatic heterocycles. The van der Waals surface area contributed by atoms with Crippen LogP contribution in [-0.4, -0.2) is 49.6 Å². The van der Waals surface area contributed by atoms with Gasteiger partial charge >= 0.3 is 0 Å². The largest absolute Gasteiger partial charge is 0.324 e. The highest BCUT2D eigenvalue weighted by Crippen LogP contribution is 2.18. The summed E-state index contributed by atoms with van der Waals surface area (Å²) in [5.41, 5.74) is 6.58. The first-order valence-corrected chi connectivity index (χ1v) is 7.43. The molecular formula is C16H27F2N3. The second kappa shape index (κ2) is 8.41. The molecular weight excluding hydrogens is 272 g/mol. The Morgan fingerprint density at radius 2 is 1.71 bits per heavy atom. The molecule has 0 bridgehead atoms. The highest BCUT2D eigenvalue weighted by Gasteiger charge is 2.15. The standard InChI is InChI=1S/C16H27F2N3/c1-5-21(12(2)11-20(3)4)7-6-16(19)13-8-14(17)10-15(18)9-13/h8-10,12,16H,5-7,11,19H2,1-4H3. The lowest BCUT2D eigenvalue weighted by Crippen LogP contribution is -2.41. The fourth-order valence-electron chi connectivity index (χ4n) is 2.59. The predicted molar refractivity (Wildman–Crippen MR) is 83.2 cm³/mol. The second-order valence-electron chi connectivity index (χ2n) is 5.84. The zero-order chi connectivity index (χ0) is 16.0. The van der Waals surface area contributed by atoms with Crippen LogP contribution in [0.3, 0.4) is 0 Å². The molecule has 5 heteroatoms. The Morgan fingerprint density at radius 3 is 2.19 bits per heavy atom. The average molecular weight is 299 g/mol. The third-order valence-electron chi connectivity index (χ3n) is 3.70. The second-order valence-corrected chi connectivity index (χ2v) is 5.84. The third-order valence-corrected chi connectivity index (χ3v) is 3.70. The first-order valence-electron chi connectivity index (χ1n) is 7.43. The fourth-order valence-corrected chi connectivity index (χ4v) is 2.59. The molecule has 0 radical (unpaired) electrons. The van der Waals surface area contributed by atoms with E-state index in [1.165, 1.54) is 12.1 Å². The highest BCUT2D eigenvalue weighted by molar-refractivity contribution is 5.21. The molecule has 1 rings (SSSR count). The van der Waals surface area contributed by atoms with E-state index in [0.29, 0.717) is 18.0 Å². The number of halogens is 2. The van der Waals surface area contributed by atoms with Gasteiger partial charge in [0.15, 0.2) is 0 Å². The Labute approximate surface area is 126 Å². The maximum Gasteiger partial charge on any atom is 0.126 e. The van der Waals surface area contributed by atoms with Crippen molar-refractivity contribution in [2.75, 3.05) is 33.7 Å². The van der Waals surface area contributed by atoms with Gasteiger partial charge in [-0.15, -0.1) is 0 Å². The molecule has 3 nitrogen and oxygen atoms in total. The molecule has 0 heterocycles. The fraction of sp³-hybridized carbons (Fsp3) is 0.625. The summed E-state index contributed by atoms with van der Waals surface area (Å²) >= 11 is 0. The maximum absolute atomic E-state index is 13.2. The van der Waals surface area contributed by atoms with Gasteiger partial charge < -0.3 is 10.6 Å². The number of nitrogens with two attached hydrogens (primary N) is 1. The number of hydrogen-bond acceptors (Lipinski definition) is 3. The molecule has 0 fully saturated rings. The van der Waals surface area contributed by atoms with Crippen molar-refractivity contribution >= 4 is 0 Å². The number of hydrogen-bond donors (Lipinski definition) is 1. The van der Waals surface area contributed by atoms with E-state index in [9.17, 15) is 8.78 Å². The minimum Gasteiger partial charge on any atom is -0.324 e. The van der Waals surface area contributed by atoms with Crippen LogP contribution in [0.15, 0.2) is 18.2 Å². The monoisotopic (exact) mass is 299 g/mol. The van der Waals surface area contributed by atoms with E-state index in [1.54, 1.807) is 0 Å². The van der Waals surface area contributed by atoms with Crippen molar-refractivity contribution in [1.29, 1.82) is 0 Å². The van der Waals surface area contributed by atoms with Crippen molar-refractivity contribution in [3.63, 3.8) is 0 Å². The number of rotatable bonds is 8. The molecule has 1 aromatic rings. The number of benzene rings is 1. The van der Waals surface area contributed by atoms with Crippen molar-refractivity contribution in [2.45, 2.75) is 32.4 Å². The van der Waals surface area contributed by atoms with Crippen LogP contribution in [0, 0.1) is 11.6 Å². The molecule has 0 aliphatic carbocycles. The van der Waals surface area contributed by atoms with Crippen LogP contribution in [0.5, 0.6) is 0 Å². The van der Waals surface area contributed by atoms with Crippen LogP contribution < -0.4 is 5.73 Å². The summed E-state index contributed by atoms with van der Waals surface area (Å²) in [6.07, 6.45) is 0.675. The lowest BCUT2D eigenvalue weighted by molar-refractivity contribution is 0.176. The first kappa shape index (κ1) is 18.0. The van der Waals surface area contributed by atoms with Gasteiger partial charge in [-0.2, -0.15) is 0 Å². The predicted octanol–water partition coefficient (Wildman–Crippen LogP) is 2.63. The molecule has 120 valence electrons. The van der Waals surface area contributed by atoms with Crippen molar-refractivity contribution in [3.8, 4) is 0 Å². The lowest BCUT2D eigenvalue weighted by Gasteiger charge is -2.30. The third kappa shape index (κ3) is 6.08. The van der Waals surface area contributed by atoms with E-state index in [2.05, 4.69) is 23.6 Å². The smallest absolute Gasteiger partial charge is 0.126 e. The van der Waals surface area contributed by atoms with Crippen molar-refractivity contribution in [3.05, 3.63) is 35.4 Å². The van der Waals surface area contributed by atoms with Gasteiger partial charge in [0.2, 0.25) is 0 Å². The van der Waals surface area contributed by atoms with Gasteiger partial charge in [-0.05, 0) is 51.7 Å². The molecule has 0 saturated carbocycles.